The molecule has 0 N–H and O–H groups in total. The van der Waals surface area contributed by atoms with E-state index in [9.17, 15) is 9.18 Å². The number of morpholine rings is 1. The number of ether oxygens (including phenoxy) is 1. The summed E-state index contributed by atoms with van der Waals surface area (Å²) in [5.74, 6) is -0.476. The Morgan fingerprint density at radius 3 is 2.95 bits per heavy atom. The first-order valence-electron chi connectivity index (χ1n) is 6.47. The van der Waals surface area contributed by atoms with Gasteiger partial charge in [-0.2, -0.15) is 0 Å². The molecular formula is C14H19FN2O2. The quantitative estimate of drug-likeness (QED) is 0.781. The highest BCUT2D eigenvalue weighted by Crippen LogP contribution is 2.16. The van der Waals surface area contributed by atoms with Gasteiger partial charge in [-0.15, -0.1) is 0 Å². The van der Waals surface area contributed by atoms with Gasteiger partial charge in [0.25, 0.3) is 0 Å². The van der Waals surface area contributed by atoms with E-state index in [0.717, 1.165) is 19.3 Å². The number of pyridine rings is 1. The van der Waals surface area contributed by atoms with Crippen molar-refractivity contribution >= 4 is 5.78 Å². The van der Waals surface area contributed by atoms with Gasteiger partial charge < -0.3 is 4.74 Å². The highest BCUT2D eigenvalue weighted by molar-refractivity contribution is 5.94. The Morgan fingerprint density at radius 1 is 1.53 bits per heavy atom. The number of carbonyl (C=O) groups excluding carboxylic acids is 1. The molecule has 1 aromatic rings. The van der Waals surface area contributed by atoms with E-state index in [4.69, 9.17) is 4.74 Å². The smallest absolute Gasteiger partial charge is 0.182 e. The van der Waals surface area contributed by atoms with Crippen LogP contribution in [-0.4, -0.2) is 47.5 Å². The van der Waals surface area contributed by atoms with Crippen LogP contribution in [0.15, 0.2) is 18.3 Å². The van der Waals surface area contributed by atoms with Gasteiger partial charge in [-0.25, -0.2) is 4.39 Å². The van der Waals surface area contributed by atoms with Crippen LogP contribution in [0.2, 0.25) is 0 Å². The predicted molar refractivity (Wildman–Crippen MR) is 69.6 cm³/mol. The summed E-state index contributed by atoms with van der Waals surface area (Å²) in [6.07, 6.45) is 1.47. The van der Waals surface area contributed by atoms with Crippen LogP contribution in [0.3, 0.4) is 0 Å². The maximum atomic E-state index is 12.7. The first-order valence-corrected chi connectivity index (χ1v) is 6.47. The molecule has 104 valence electrons. The first-order chi connectivity index (χ1) is 8.96. The Balaban J connectivity index is 1.85. The monoisotopic (exact) mass is 266 g/mol. The molecular weight excluding hydrogens is 247 g/mol. The largest absolute Gasteiger partial charge is 0.373 e. The fourth-order valence-corrected chi connectivity index (χ4v) is 2.23. The number of Topliss-reactive ketones (excluding diaryl/α,β-unsaturated/α-hetero) is 1. The van der Waals surface area contributed by atoms with E-state index in [-0.39, 0.29) is 11.4 Å². The van der Waals surface area contributed by atoms with Crippen LogP contribution >= 0.6 is 0 Å². The van der Waals surface area contributed by atoms with E-state index in [1.54, 1.807) is 0 Å². The average molecular weight is 266 g/mol. The Labute approximate surface area is 112 Å². The molecule has 4 nitrogen and oxygen atoms in total. The van der Waals surface area contributed by atoms with E-state index >= 15 is 0 Å². The summed E-state index contributed by atoms with van der Waals surface area (Å²) in [6, 6.07) is 2.69. The van der Waals surface area contributed by atoms with Crippen molar-refractivity contribution in [3.8, 4) is 0 Å². The van der Waals surface area contributed by atoms with Gasteiger partial charge in [-0.3, -0.25) is 14.7 Å². The number of hydrogen-bond donors (Lipinski definition) is 0. The van der Waals surface area contributed by atoms with Gasteiger partial charge in [0.1, 0.15) is 11.5 Å². The number of aromatic nitrogens is 1. The fraction of sp³-hybridized carbons (Fsp3) is 0.571. The molecule has 2 heterocycles. The molecule has 0 aromatic carbocycles. The summed E-state index contributed by atoms with van der Waals surface area (Å²) in [7, 11) is 0. The van der Waals surface area contributed by atoms with Gasteiger partial charge in [0, 0.05) is 26.1 Å². The number of ketones is 1. The maximum absolute atomic E-state index is 12.7. The third-order valence-corrected chi connectivity index (χ3v) is 3.17. The minimum atomic E-state index is -0.425. The summed E-state index contributed by atoms with van der Waals surface area (Å²) in [6.45, 7) is 7.12. The minimum Gasteiger partial charge on any atom is -0.373 e. The van der Waals surface area contributed by atoms with Crippen LogP contribution in [0.25, 0.3) is 0 Å². The van der Waals surface area contributed by atoms with Crippen molar-refractivity contribution in [2.24, 2.45) is 0 Å². The molecule has 0 saturated carbocycles. The van der Waals surface area contributed by atoms with Crippen LogP contribution < -0.4 is 0 Å². The SMILES string of the molecule is CC1(C)CN(CCC(=O)c2ccc(F)cn2)CCO1. The van der Waals surface area contributed by atoms with Crippen molar-refractivity contribution in [2.45, 2.75) is 25.9 Å². The summed E-state index contributed by atoms with van der Waals surface area (Å²) >= 11 is 0. The first kappa shape index (κ1) is 14.1. The Bertz CT molecular complexity index is 445. The second kappa shape index (κ2) is 5.75. The summed E-state index contributed by atoms with van der Waals surface area (Å²) in [4.78, 5) is 17.9. The Kier molecular flexibility index (Phi) is 4.27. The maximum Gasteiger partial charge on any atom is 0.182 e. The lowest BCUT2D eigenvalue weighted by Crippen LogP contribution is -2.48. The molecule has 0 amide bonds. The zero-order valence-electron chi connectivity index (χ0n) is 11.4. The Morgan fingerprint density at radius 2 is 2.32 bits per heavy atom. The highest BCUT2D eigenvalue weighted by Gasteiger charge is 2.27. The number of carbonyl (C=O) groups is 1. The number of rotatable bonds is 4. The molecule has 0 radical (unpaired) electrons. The van der Waals surface area contributed by atoms with Crippen molar-refractivity contribution in [2.75, 3.05) is 26.2 Å². The number of hydrogen-bond acceptors (Lipinski definition) is 4. The van der Waals surface area contributed by atoms with Crippen LogP contribution in [0, 0.1) is 5.82 Å². The van der Waals surface area contributed by atoms with Crippen molar-refractivity contribution in [3.05, 3.63) is 29.8 Å². The Hall–Kier alpha value is -1.33. The topological polar surface area (TPSA) is 42.4 Å². The zero-order valence-corrected chi connectivity index (χ0v) is 11.4. The lowest BCUT2D eigenvalue weighted by Gasteiger charge is -2.38. The normalized spacial score (nSPS) is 19.3. The number of halogens is 1. The van der Waals surface area contributed by atoms with Gasteiger partial charge in [0.15, 0.2) is 5.78 Å². The van der Waals surface area contributed by atoms with E-state index in [1.165, 1.54) is 12.1 Å². The molecule has 1 aromatic heterocycles. The van der Waals surface area contributed by atoms with Crippen LogP contribution in [0.1, 0.15) is 30.8 Å². The molecule has 0 unspecified atom stereocenters. The van der Waals surface area contributed by atoms with Crippen molar-refractivity contribution in [1.29, 1.82) is 0 Å². The van der Waals surface area contributed by atoms with E-state index < -0.39 is 5.82 Å². The van der Waals surface area contributed by atoms with Crippen molar-refractivity contribution in [1.82, 2.24) is 9.88 Å². The third-order valence-electron chi connectivity index (χ3n) is 3.17. The average Bonchev–Trinajstić information content (AvgIpc) is 2.36. The van der Waals surface area contributed by atoms with Gasteiger partial charge in [-0.05, 0) is 26.0 Å². The molecule has 0 atom stereocenters. The van der Waals surface area contributed by atoms with E-state index in [1.807, 2.05) is 13.8 Å². The standard InChI is InChI=1S/C14H19FN2O2/c1-14(2)10-17(7-8-19-14)6-5-13(18)12-4-3-11(15)9-16-12/h3-4,9H,5-8,10H2,1-2H3. The summed E-state index contributed by atoms with van der Waals surface area (Å²) < 4.78 is 18.3. The van der Waals surface area contributed by atoms with Crippen LogP contribution in [0.5, 0.6) is 0 Å². The summed E-state index contributed by atoms with van der Waals surface area (Å²) in [5.41, 5.74) is 0.170. The lowest BCUT2D eigenvalue weighted by atomic mass is 10.1. The highest BCUT2D eigenvalue weighted by atomic mass is 19.1. The van der Waals surface area contributed by atoms with Gasteiger partial charge >= 0.3 is 0 Å². The second-order valence-electron chi connectivity index (χ2n) is 5.42. The molecule has 0 bridgehead atoms. The molecule has 1 fully saturated rings. The molecule has 1 aliphatic rings. The minimum absolute atomic E-state index is 0.0516. The molecule has 1 aliphatic heterocycles. The summed E-state index contributed by atoms with van der Waals surface area (Å²) in [5, 5.41) is 0. The van der Waals surface area contributed by atoms with Crippen molar-refractivity contribution in [3.63, 3.8) is 0 Å². The lowest BCUT2D eigenvalue weighted by molar-refractivity contribution is -0.0855. The van der Waals surface area contributed by atoms with Crippen LogP contribution in [0.4, 0.5) is 4.39 Å². The van der Waals surface area contributed by atoms with Crippen LogP contribution in [-0.2, 0) is 4.74 Å². The van der Waals surface area contributed by atoms with Gasteiger partial charge in [-0.1, -0.05) is 0 Å². The number of nitrogens with zero attached hydrogens (tertiary/aromatic N) is 2. The van der Waals surface area contributed by atoms with Gasteiger partial charge in [0.05, 0.1) is 18.4 Å². The molecule has 5 heteroatoms. The van der Waals surface area contributed by atoms with E-state index in [2.05, 4.69) is 9.88 Å². The van der Waals surface area contributed by atoms with E-state index in [0.29, 0.717) is 25.3 Å². The fourth-order valence-electron chi connectivity index (χ4n) is 2.23. The molecule has 1 saturated heterocycles. The molecule has 0 spiro atoms. The zero-order chi connectivity index (χ0) is 13.9. The van der Waals surface area contributed by atoms with Gasteiger partial charge in [0.2, 0.25) is 0 Å². The second-order valence-corrected chi connectivity index (χ2v) is 5.42. The molecule has 2 rings (SSSR count). The molecule has 19 heavy (non-hydrogen) atoms. The predicted octanol–water partition coefficient (Wildman–Crippen LogP) is 1.90. The molecule has 0 aliphatic carbocycles. The third kappa shape index (κ3) is 4.08. The van der Waals surface area contributed by atoms with Crippen molar-refractivity contribution < 1.29 is 13.9 Å².